The van der Waals surface area contributed by atoms with E-state index in [1.165, 1.54) is 12.8 Å². The van der Waals surface area contributed by atoms with E-state index in [1.54, 1.807) is 24.3 Å². The molecule has 1 aromatic rings. The first-order valence-electron chi connectivity index (χ1n) is 6.56. The van der Waals surface area contributed by atoms with E-state index in [2.05, 4.69) is 25.6 Å². The Balaban J connectivity index is 1.66. The predicted octanol–water partition coefficient (Wildman–Crippen LogP) is 1.96. The molecule has 6 heteroatoms. The summed E-state index contributed by atoms with van der Waals surface area (Å²) in [7, 11) is -3.39. The molecule has 0 radical (unpaired) electrons. The number of likely N-dealkylation sites (tertiary alicyclic amines) is 1. The summed E-state index contributed by atoms with van der Waals surface area (Å²) >= 11 is 3.31. The van der Waals surface area contributed by atoms with E-state index in [9.17, 15) is 8.42 Å². The van der Waals surface area contributed by atoms with Crippen LogP contribution in [0, 0.1) is 0 Å². The van der Waals surface area contributed by atoms with E-state index < -0.39 is 10.0 Å². The third-order valence-electron chi connectivity index (χ3n) is 3.73. The Morgan fingerprint density at radius 1 is 1.16 bits per heavy atom. The lowest BCUT2D eigenvalue weighted by Gasteiger charge is -2.16. The van der Waals surface area contributed by atoms with Gasteiger partial charge in [-0.3, -0.25) is 4.90 Å². The molecule has 4 nitrogen and oxygen atoms in total. The van der Waals surface area contributed by atoms with Crippen LogP contribution in [0.5, 0.6) is 0 Å². The van der Waals surface area contributed by atoms with Gasteiger partial charge in [0, 0.05) is 29.6 Å². The van der Waals surface area contributed by atoms with Crippen molar-refractivity contribution in [2.45, 2.75) is 36.2 Å². The van der Waals surface area contributed by atoms with Gasteiger partial charge in [0.05, 0.1) is 4.90 Å². The summed E-state index contributed by atoms with van der Waals surface area (Å²) in [5.41, 5.74) is 0. The number of benzene rings is 1. The SMILES string of the molecule is O=S(=O)(NC1CCN(C2CC2)C1)c1ccc(Br)cc1. The molecule has 19 heavy (non-hydrogen) atoms. The van der Waals surface area contributed by atoms with Gasteiger partial charge in [0.15, 0.2) is 0 Å². The molecule has 0 amide bonds. The highest BCUT2D eigenvalue weighted by molar-refractivity contribution is 9.10. The molecule has 1 aliphatic heterocycles. The van der Waals surface area contributed by atoms with Crippen molar-refractivity contribution in [3.8, 4) is 0 Å². The van der Waals surface area contributed by atoms with Crippen LogP contribution in [0.15, 0.2) is 33.6 Å². The highest BCUT2D eigenvalue weighted by Gasteiger charge is 2.35. The summed E-state index contributed by atoms with van der Waals surface area (Å²) < 4.78 is 28.2. The maximum Gasteiger partial charge on any atom is 0.240 e. The van der Waals surface area contributed by atoms with E-state index in [-0.39, 0.29) is 6.04 Å². The minimum atomic E-state index is -3.39. The van der Waals surface area contributed by atoms with Crippen molar-refractivity contribution >= 4 is 26.0 Å². The zero-order valence-electron chi connectivity index (χ0n) is 10.5. The largest absolute Gasteiger partial charge is 0.299 e. The van der Waals surface area contributed by atoms with Gasteiger partial charge < -0.3 is 0 Å². The van der Waals surface area contributed by atoms with E-state index in [4.69, 9.17) is 0 Å². The second-order valence-electron chi connectivity index (χ2n) is 5.29. The Morgan fingerprint density at radius 3 is 2.47 bits per heavy atom. The van der Waals surface area contributed by atoms with Gasteiger partial charge in [-0.15, -0.1) is 0 Å². The fraction of sp³-hybridized carbons (Fsp3) is 0.538. The van der Waals surface area contributed by atoms with Crippen molar-refractivity contribution in [2.24, 2.45) is 0 Å². The van der Waals surface area contributed by atoms with Crippen LogP contribution in [-0.4, -0.2) is 38.5 Å². The average Bonchev–Trinajstić information content (AvgIpc) is 3.11. The molecule has 1 unspecified atom stereocenters. The molecule has 0 aromatic heterocycles. The van der Waals surface area contributed by atoms with Crippen molar-refractivity contribution in [3.05, 3.63) is 28.7 Å². The highest BCUT2D eigenvalue weighted by Crippen LogP contribution is 2.30. The van der Waals surface area contributed by atoms with Crippen LogP contribution in [0.3, 0.4) is 0 Å². The molecule has 1 saturated heterocycles. The Kier molecular flexibility index (Phi) is 3.68. The minimum absolute atomic E-state index is 0.0502. The van der Waals surface area contributed by atoms with Crippen molar-refractivity contribution in [1.29, 1.82) is 0 Å². The average molecular weight is 345 g/mol. The molecule has 1 heterocycles. The van der Waals surface area contributed by atoms with Gasteiger partial charge in [-0.1, -0.05) is 15.9 Å². The predicted molar refractivity (Wildman–Crippen MR) is 77.5 cm³/mol. The van der Waals surface area contributed by atoms with Crippen LogP contribution in [0.2, 0.25) is 0 Å². The number of nitrogens with one attached hydrogen (secondary N) is 1. The van der Waals surface area contributed by atoms with E-state index in [0.717, 1.165) is 24.0 Å². The summed E-state index contributed by atoms with van der Waals surface area (Å²) in [6, 6.07) is 7.51. The second kappa shape index (κ2) is 5.16. The Morgan fingerprint density at radius 2 is 1.84 bits per heavy atom. The second-order valence-corrected chi connectivity index (χ2v) is 7.92. The first-order valence-corrected chi connectivity index (χ1v) is 8.84. The monoisotopic (exact) mass is 344 g/mol. The van der Waals surface area contributed by atoms with Gasteiger partial charge >= 0.3 is 0 Å². The molecular formula is C13H17BrN2O2S. The van der Waals surface area contributed by atoms with Gasteiger partial charge in [0.1, 0.15) is 0 Å². The molecule has 104 valence electrons. The van der Waals surface area contributed by atoms with Gasteiger partial charge in [0.25, 0.3) is 0 Å². The summed E-state index contributed by atoms with van der Waals surface area (Å²) in [6.45, 7) is 1.86. The Hall–Kier alpha value is -0.430. The molecule has 1 saturated carbocycles. The minimum Gasteiger partial charge on any atom is -0.299 e. The van der Waals surface area contributed by atoms with Gasteiger partial charge in [-0.2, -0.15) is 0 Å². The molecule has 1 N–H and O–H groups in total. The first-order chi connectivity index (χ1) is 9.04. The lowest BCUT2D eigenvalue weighted by atomic mass is 10.3. The fourth-order valence-electron chi connectivity index (χ4n) is 2.56. The van der Waals surface area contributed by atoms with Gasteiger partial charge in [-0.05, 0) is 43.5 Å². The smallest absolute Gasteiger partial charge is 0.240 e. The molecule has 2 aliphatic rings. The topological polar surface area (TPSA) is 49.4 Å². The standard InChI is InChI=1S/C13H17BrN2O2S/c14-10-1-5-13(6-2-10)19(17,18)15-11-7-8-16(9-11)12-3-4-12/h1-2,5-6,11-12,15H,3-4,7-9H2. The number of hydrogen-bond acceptors (Lipinski definition) is 3. The van der Waals surface area contributed by atoms with Crippen LogP contribution >= 0.6 is 15.9 Å². The number of sulfonamides is 1. The van der Waals surface area contributed by atoms with Crippen molar-refractivity contribution in [1.82, 2.24) is 9.62 Å². The number of rotatable bonds is 4. The summed E-state index contributed by atoms with van der Waals surface area (Å²) in [5, 5.41) is 0. The Bertz CT molecular complexity index is 555. The maximum absolute atomic E-state index is 12.2. The van der Waals surface area contributed by atoms with E-state index >= 15 is 0 Å². The summed E-state index contributed by atoms with van der Waals surface area (Å²) in [6.07, 6.45) is 3.45. The first kappa shape index (κ1) is 13.5. The number of halogens is 1. The maximum atomic E-state index is 12.2. The van der Waals surface area contributed by atoms with Gasteiger partial charge in [0.2, 0.25) is 10.0 Å². The van der Waals surface area contributed by atoms with Crippen molar-refractivity contribution in [3.63, 3.8) is 0 Å². The molecule has 0 bridgehead atoms. The van der Waals surface area contributed by atoms with Crippen molar-refractivity contribution < 1.29 is 8.42 Å². The number of hydrogen-bond donors (Lipinski definition) is 1. The normalized spacial score (nSPS) is 24.8. The van der Waals surface area contributed by atoms with Crippen LogP contribution in [-0.2, 0) is 10.0 Å². The van der Waals surface area contributed by atoms with Crippen LogP contribution in [0.4, 0.5) is 0 Å². The molecule has 2 fully saturated rings. The summed E-state index contributed by atoms with van der Waals surface area (Å²) in [4.78, 5) is 2.73. The quantitative estimate of drug-likeness (QED) is 0.908. The van der Waals surface area contributed by atoms with E-state index in [1.807, 2.05) is 0 Å². The molecular weight excluding hydrogens is 328 g/mol. The third kappa shape index (κ3) is 3.18. The van der Waals surface area contributed by atoms with Crippen LogP contribution in [0.25, 0.3) is 0 Å². The molecule has 0 spiro atoms. The molecule has 1 atom stereocenters. The number of nitrogens with zero attached hydrogens (tertiary/aromatic N) is 1. The lowest BCUT2D eigenvalue weighted by Crippen LogP contribution is -2.37. The molecule has 1 aliphatic carbocycles. The third-order valence-corrected chi connectivity index (χ3v) is 5.79. The lowest BCUT2D eigenvalue weighted by molar-refractivity contribution is 0.322. The van der Waals surface area contributed by atoms with Crippen LogP contribution < -0.4 is 4.72 Å². The molecule has 1 aromatic carbocycles. The van der Waals surface area contributed by atoms with Crippen LogP contribution in [0.1, 0.15) is 19.3 Å². The Labute approximate surface area is 122 Å². The fourth-order valence-corrected chi connectivity index (χ4v) is 4.08. The van der Waals surface area contributed by atoms with Crippen molar-refractivity contribution in [2.75, 3.05) is 13.1 Å². The highest BCUT2D eigenvalue weighted by atomic mass is 79.9. The zero-order valence-corrected chi connectivity index (χ0v) is 13.0. The zero-order chi connectivity index (χ0) is 13.5. The molecule has 3 rings (SSSR count). The summed E-state index contributed by atoms with van der Waals surface area (Å²) in [5.74, 6) is 0. The van der Waals surface area contributed by atoms with E-state index in [0.29, 0.717) is 10.9 Å². The van der Waals surface area contributed by atoms with Gasteiger partial charge in [-0.25, -0.2) is 13.1 Å².